The number of aromatic nitrogens is 2. The van der Waals surface area contributed by atoms with Gasteiger partial charge in [0.15, 0.2) is 5.82 Å². The van der Waals surface area contributed by atoms with Crippen LogP contribution in [0.3, 0.4) is 0 Å². The Bertz CT molecular complexity index is 252. The number of hydrogen-bond acceptors (Lipinski definition) is 5. The van der Waals surface area contributed by atoms with E-state index < -0.39 is 0 Å². The van der Waals surface area contributed by atoms with E-state index in [1.165, 1.54) is 0 Å². The van der Waals surface area contributed by atoms with E-state index in [9.17, 15) is 0 Å². The summed E-state index contributed by atoms with van der Waals surface area (Å²) in [6.45, 7) is 2.00. The maximum absolute atomic E-state index is 8.00. The minimum Gasteiger partial charge on any atom is -0.385 e. The smallest absolute Gasteiger partial charge is 0.174 e. The average molecular weight is 182 g/mol. The van der Waals surface area contributed by atoms with Gasteiger partial charge in [0.25, 0.3) is 0 Å². The zero-order valence-corrected chi connectivity index (χ0v) is 8.11. The molecule has 13 heavy (non-hydrogen) atoms. The summed E-state index contributed by atoms with van der Waals surface area (Å²) >= 11 is 0. The van der Waals surface area contributed by atoms with Gasteiger partial charge in [-0.1, -0.05) is 0 Å². The van der Waals surface area contributed by atoms with Gasteiger partial charge in [-0.05, 0) is 6.07 Å². The third-order valence-electron chi connectivity index (χ3n) is 1.39. The van der Waals surface area contributed by atoms with Gasteiger partial charge in [-0.2, -0.15) is 5.10 Å². The third kappa shape index (κ3) is 3.06. The molecule has 0 amide bonds. The molecule has 1 N–H and O–H groups in total. The van der Waals surface area contributed by atoms with E-state index in [2.05, 4.69) is 15.5 Å². The van der Waals surface area contributed by atoms with Crippen LogP contribution in [0.1, 0.15) is 0 Å². The van der Waals surface area contributed by atoms with Gasteiger partial charge in [-0.15, -0.1) is 5.10 Å². The van der Waals surface area contributed by atoms with Crippen molar-refractivity contribution < 1.29 is 4.79 Å². The largest absolute Gasteiger partial charge is 0.385 e. The molecule has 0 aromatic carbocycles. The molecule has 0 atom stereocenters. The number of carbonyl (C=O) groups excluding carboxylic acids is 1. The summed E-state index contributed by atoms with van der Waals surface area (Å²) < 4.78 is 0. The van der Waals surface area contributed by atoms with E-state index in [0.717, 1.165) is 11.5 Å². The molecule has 0 aliphatic carbocycles. The van der Waals surface area contributed by atoms with E-state index in [1.54, 1.807) is 6.20 Å². The topological polar surface area (TPSA) is 58.1 Å². The SMILES string of the molecule is C=O.CNc1ccnnc1N(C)C. The van der Waals surface area contributed by atoms with Crippen molar-refractivity contribution in [3.8, 4) is 0 Å². The number of nitrogens with one attached hydrogen (secondary N) is 1. The van der Waals surface area contributed by atoms with Gasteiger partial charge >= 0.3 is 0 Å². The van der Waals surface area contributed by atoms with Crippen LogP contribution in [0, 0.1) is 0 Å². The lowest BCUT2D eigenvalue weighted by Crippen LogP contribution is -2.13. The lowest BCUT2D eigenvalue weighted by Gasteiger charge is -2.13. The molecular formula is C8H14N4O. The molecule has 1 rings (SSSR count). The molecule has 72 valence electrons. The molecule has 0 radical (unpaired) electrons. The van der Waals surface area contributed by atoms with Gasteiger partial charge in [0, 0.05) is 21.1 Å². The van der Waals surface area contributed by atoms with Crippen LogP contribution < -0.4 is 10.2 Å². The van der Waals surface area contributed by atoms with Crippen molar-refractivity contribution in [2.75, 3.05) is 31.4 Å². The van der Waals surface area contributed by atoms with E-state index >= 15 is 0 Å². The van der Waals surface area contributed by atoms with E-state index in [-0.39, 0.29) is 0 Å². The fraction of sp³-hybridized carbons (Fsp3) is 0.375. The molecule has 1 aromatic rings. The molecule has 5 nitrogen and oxygen atoms in total. The Morgan fingerprint density at radius 2 is 2.08 bits per heavy atom. The van der Waals surface area contributed by atoms with E-state index in [0.29, 0.717) is 0 Å². The number of hydrogen-bond donors (Lipinski definition) is 1. The number of anilines is 2. The molecular weight excluding hydrogens is 168 g/mol. The first-order valence-corrected chi connectivity index (χ1v) is 3.71. The van der Waals surface area contributed by atoms with Crippen LogP contribution in [-0.2, 0) is 4.79 Å². The summed E-state index contributed by atoms with van der Waals surface area (Å²) in [5, 5.41) is 10.8. The fourth-order valence-electron chi connectivity index (χ4n) is 0.850. The van der Waals surface area contributed by atoms with Crippen LogP contribution in [0.15, 0.2) is 12.3 Å². The predicted octanol–water partition coefficient (Wildman–Crippen LogP) is 0.399. The highest BCUT2D eigenvalue weighted by atomic mass is 16.1. The van der Waals surface area contributed by atoms with Gasteiger partial charge in [0.1, 0.15) is 6.79 Å². The highest BCUT2D eigenvalue weighted by molar-refractivity contribution is 5.63. The lowest BCUT2D eigenvalue weighted by atomic mass is 10.4. The minimum atomic E-state index is 0.856. The molecule has 1 aromatic heterocycles. The summed E-state index contributed by atoms with van der Waals surface area (Å²) in [5.41, 5.74) is 0.991. The normalized spacial score (nSPS) is 8.23. The molecule has 0 aliphatic rings. The Balaban J connectivity index is 0.000000671. The molecule has 0 fully saturated rings. The van der Waals surface area contributed by atoms with Crippen molar-refractivity contribution in [2.24, 2.45) is 0 Å². The summed E-state index contributed by atoms with van der Waals surface area (Å²) in [5.74, 6) is 0.856. The summed E-state index contributed by atoms with van der Waals surface area (Å²) in [7, 11) is 5.74. The van der Waals surface area contributed by atoms with Crippen molar-refractivity contribution >= 4 is 18.3 Å². The van der Waals surface area contributed by atoms with Gasteiger partial charge in [-0.25, -0.2) is 0 Å². The van der Waals surface area contributed by atoms with Gasteiger partial charge in [0.2, 0.25) is 0 Å². The second-order valence-corrected chi connectivity index (χ2v) is 2.41. The quantitative estimate of drug-likeness (QED) is 0.717. The third-order valence-corrected chi connectivity index (χ3v) is 1.39. The van der Waals surface area contributed by atoms with Crippen molar-refractivity contribution in [2.45, 2.75) is 0 Å². The van der Waals surface area contributed by atoms with Gasteiger partial charge < -0.3 is 15.0 Å². The second kappa shape index (κ2) is 5.93. The Morgan fingerprint density at radius 1 is 1.46 bits per heavy atom. The Kier molecular flexibility index (Phi) is 5.18. The molecule has 0 saturated heterocycles. The van der Waals surface area contributed by atoms with Crippen LogP contribution in [0.25, 0.3) is 0 Å². The summed E-state index contributed by atoms with van der Waals surface area (Å²) in [6.07, 6.45) is 1.67. The van der Waals surface area contributed by atoms with E-state index in [4.69, 9.17) is 4.79 Å². The van der Waals surface area contributed by atoms with E-state index in [1.807, 2.05) is 38.9 Å². The number of rotatable bonds is 2. The summed E-state index contributed by atoms with van der Waals surface area (Å²) in [4.78, 5) is 9.92. The standard InChI is InChI=1S/C7H12N4.CH2O/c1-8-6-4-5-9-10-7(6)11(2)3;1-2/h4-5H,1-3H3,(H,8,9);1H2. The Hall–Kier alpha value is -1.65. The molecule has 0 aliphatic heterocycles. The predicted molar refractivity (Wildman–Crippen MR) is 53.0 cm³/mol. The van der Waals surface area contributed by atoms with Crippen LogP contribution in [0.5, 0.6) is 0 Å². The number of nitrogens with zero attached hydrogens (tertiary/aromatic N) is 3. The fourth-order valence-corrected chi connectivity index (χ4v) is 0.850. The lowest BCUT2D eigenvalue weighted by molar-refractivity contribution is -0.0979. The monoisotopic (exact) mass is 182 g/mol. The average Bonchev–Trinajstić information content (AvgIpc) is 2.20. The molecule has 1 heterocycles. The van der Waals surface area contributed by atoms with Crippen LogP contribution in [0.4, 0.5) is 11.5 Å². The first kappa shape index (κ1) is 11.4. The zero-order valence-electron chi connectivity index (χ0n) is 8.11. The van der Waals surface area contributed by atoms with Crippen molar-refractivity contribution in [3.05, 3.63) is 12.3 Å². The molecule has 0 saturated carbocycles. The molecule has 0 unspecified atom stereocenters. The Labute approximate surface area is 77.8 Å². The maximum atomic E-state index is 8.00. The highest BCUT2D eigenvalue weighted by Crippen LogP contribution is 2.17. The highest BCUT2D eigenvalue weighted by Gasteiger charge is 2.02. The second-order valence-electron chi connectivity index (χ2n) is 2.41. The van der Waals surface area contributed by atoms with Crippen molar-refractivity contribution in [1.29, 1.82) is 0 Å². The van der Waals surface area contributed by atoms with Gasteiger partial charge in [-0.3, -0.25) is 0 Å². The zero-order chi connectivity index (χ0) is 10.3. The molecule has 0 bridgehead atoms. The Morgan fingerprint density at radius 3 is 2.46 bits per heavy atom. The van der Waals surface area contributed by atoms with Crippen LogP contribution in [-0.4, -0.2) is 38.1 Å². The maximum Gasteiger partial charge on any atom is 0.174 e. The minimum absolute atomic E-state index is 0.856. The summed E-state index contributed by atoms with van der Waals surface area (Å²) in [6, 6.07) is 1.89. The first-order valence-electron chi connectivity index (χ1n) is 3.71. The van der Waals surface area contributed by atoms with Gasteiger partial charge in [0.05, 0.1) is 11.9 Å². The molecule has 5 heteroatoms. The van der Waals surface area contributed by atoms with Crippen LogP contribution in [0.2, 0.25) is 0 Å². The molecule has 0 spiro atoms. The number of carbonyl (C=O) groups is 1. The van der Waals surface area contributed by atoms with Crippen LogP contribution >= 0.6 is 0 Å². The first-order chi connectivity index (χ1) is 6.25. The van der Waals surface area contributed by atoms with Crippen molar-refractivity contribution in [3.63, 3.8) is 0 Å². The van der Waals surface area contributed by atoms with Crippen molar-refractivity contribution in [1.82, 2.24) is 10.2 Å².